The number of carboxylic acids is 1. The minimum Gasteiger partial charge on any atom is -0.547 e. The van der Waals surface area contributed by atoms with Gasteiger partial charge in [0.05, 0.1) is 10.9 Å². The summed E-state index contributed by atoms with van der Waals surface area (Å²) in [7, 11) is 0. The molecule has 1 aliphatic rings. The smallest absolute Gasteiger partial charge is 0.547 e. The quantitative estimate of drug-likeness (QED) is 0.236. The van der Waals surface area contributed by atoms with E-state index in [9.17, 15) is 20.0 Å². The van der Waals surface area contributed by atoms with Crippen LogP contribution in [0, 0.1) is 10.1 Å². The Morgan fingerprint density at radius 1 is 1.31 bits per heavy atom. The number of nitro groups is 1. The molecule has 1 aliphatic heterocycles. The zero-order valence-corrected chi connectivity index (χ0v) is 10.5. The van der Waals surface area contributed by atoms with Crippen molar-refractivity contribution in [1.29, 1.82) is 0 Å². The normalized spacial score (nSPS) is 22.0. The van der Waals surface area contributed by atoms with Gasteiger partial charge in [-0.1, -0.05) is 0 Å². The van der Waals surface area contributed by atoms with Crippen LogP contribution in [0.3, 0.4) is 0 Å². The maximum Gasteiger partial charge on any atom is 1.00 e. The van der Waals surface area contributed by atoms with Crippen molar-refractivity contribution in [2.75, 3.05) is 0 Å². The number of benzene rings is 1. The average molecular weight is 231 g/mol. The summed E-state index contributed by atoms with van der Waals surface area (Å²) >= 11 is 0. The van der Waals surface area contributed by atoms with Crippen molar-refractivity contribution in [2.45, 2.75) is 12.2 Å². The first-order valence-corrected chi connectivity index (χ1v) is 4.20. The predicted octanol–water partition coefficient (Wildman–Crippen LogP) is -3.21. The molecule has 1 saturated heterocycles. The summed E-state index contributed by atoms with van der Waals surface area (Å²) in [6.07, 6.45) is -1.46. The Labute approximate surface area is 113 Å². The third-order valence-electron chi connectivity index (χ3n) is 2.16. The first kappa shape index (κ1) is 13.1. The molecule has 0 N–H and O–H groups in total. The van der Waals surface area contributed by atoms with Crippen LogP contribution in [-0.4, -0.2) is 17.0 Å². The Bertz CT molecular complexity index is 418. The van der Waals surface area contributed by atoms with E-state index in [-0.39, 0.29) is 35.2 Å². The SMILES string of the molecule is O=C([O-])C1OC1c1ccc([N+](=O)[O-])cc1.[Na+]. The van der Waals surface area contributed by atoms with Gasteiger partial charge >= 0.3 is 29.6 Å². The molecule has 0 spiro atoms. The molecule has 0 aromatic heterocycles. The van der Waals surface area contributed by atoms with Gasteiger partial charge in [0.15, 0.2) is 0 Å². The van der Waals surface area contributed by atoms with E-state index in [0.717, 1.165) is 0 Å². The van der Waals surface area contributed by atoms with Crippen LogP contribution in [0.15, 0.2) is 24.3 Å². The molecule has 0 amide bonds. The second kappa shape index (κ2) is 4.92. The molecule has 16 heavy (non-hydrogen) atoms. The van der Waals surface area contributed by atoms with Gasteiger partial charge in [-0.05, 0) is 17.7 Å². The second-order valence-electron chi connectivity index (χ2n) is 3.14. The summed E-state index contributed by atoms with van der Waals surface area (Å²) in [5, 5.41) is 20.7. The van der Waals surface area contributed by atoms with Gasteiger partial charge < -0.3 is 14.6 Å². The molecule has 1 aromatic rings. The second-order valence-corrected chi connectivity index (χ2v) is 3.14. The number of hydrogen-bond acceptors (Lipinski definition) is 5. The number of aliphatic carboxylic acids is 1. The number of carbonyl (C=O) groups excluding carboxylic acids is 1. The molecule has 2 atom stereocenters. The van der Waals surface area contributed by atoms with Crippen LogP contribution >= 0.6 is 0 Å². The summed E-state index contributed by atoms with van der Waals surface area (Å²) in [4.78, 5) is 20.2. The number of epoxide rings is 1. The van der Waals surface area contributed by atoms with Crippen LogP contribution in [0.25, 0.3) is 0 Å². The third kappa shape index (κ3) is 2.59. The number of rotatable bonds is 3. The van der Waals surface area contributed by atoms with Crippen LogP contribution in [0.2, 0.25) is 0 Å². The number of non-ortho nitro benzene ring substituents is 1. The molecule has 1 heterocycles. The number of nitrogens with zero attached hydrogens (tertiary/aromatic N) is 1. The van der Waals surface area contributed by atoms with Gasteiger partial charge in [0.25, 0.3) is 5.69 Å². The fourth-order valence-corrected chi connectivity index (χ4v) is 1.33. The molecule has 78 valence electrons. The van der Waals surface area contributed by atoms with Crippen molar-refractivity contribution in [2.24, 2.45) is 0 Å². The Hall–Kier alpha value is -0.950. The maximum atomic E-state index is 10.4. The molecule has 0 bridgehead atoms. The zero-order valence-electron chi connectivity index (χ0n) is 8.45. The molecular formula is C9H6NNaO5. The van der Waals surface area contributed by atoms with E-state index in [4.69, 9.17) is 4.74 Å². The van der Waals surface area contributed by atoms with E-state index in [1.165, 1.54) is 24.3 Å². The van der Waals surface area contributed by atoms with E-state index in [1.807, 2.05) is 0 Å². The van der Waals surface area contributed by atoms with Crippen molar-refractivity contribution in [3.05, 3.63) is 39.9 Å². The fraction of sp³-hybridized carbons (Fsp3) is 0.222. The summed E-state index contributed by atoms with van der Waals surface area (Å²) in [5.74, 6) is -1.27. The Morgan fingerprint density at radius 2 is 1.88 bits per heavy atom. The van der Waals surface area contributed by atoms with E-state index in [0.29, 0.717) is 5.56 Å². The maximum absolute atomic E-state index is 10.4. The summed E-state index contributed by atoms with van der Waals surface area (Å²) in [5.41, 5.74) is 0.569. The first-order valence-electron chi connectivity index (χ1n) is 4.20. The van der Waals surface area contributed by atoms with Gasteiger partial charge in [-0.3, -0.25) is 10.1 Å². The molecule has 2 unspecified atom stereocenters. The summed E-state index contributed by atoms with van der Waals surface area (Å²) < 4.78 is 4.83. The number of hydrogen-bond donors (Lipinski definition) is 0. The zero-order chi connectivity index (χ0) is 11.0. The van der Waals surface area contributed by atoms with Crippen LogP contribution in [0.4, 0.5) is 5.69 Å². The van der Waals surface area contributed by atoms with Gasteiger partial charge in [-0.2, -0.15) is 0 Å². The van der Waals surface area contributed by atoms with E-state index < -0.39 is 23.1 Å². The Morgan fingerprint density at radius 3 is 2.25 bits per heavy atom. The van der Waals surface area contributed by atoms with Crippen molar-refractivity contribution in [3.8, 4) is 0 Å². The van der Waals surface area contributed by atoms with Gasteiger partial charge in [-0.15, -0.1) is 0 Å². The van der Waals surface area contributed by atoms with Crippen molar-refractivity contribution >= 4 is 11.7 Å². The molecule has 0 aliphatic carbocycles. The fourth-order valence-electron chi connectivity index (χ4n) is 1.33. The first-order chi connectivity index (χ1) is 7.09. The van der Waals surface area contributed by atoms with Crippen molar-refractivity contribution in [1.82, 2.24) is 0 Å². The molecule has 2 rings (SSSR count). The molecule has 0 radical (unpaired) electrons. The van der Waals surface area contributed by atoms with Crippen LogP contribution in [0.5, 0.6) is 0 Å². The van der Waals surface area contributed by atoms with Gasteiger partial charge in [0, 0.05) is 12.1 Å². The van der Waals surface area contributed by atoms with Crippen molar-refractivity contribution in [3.63, 3.8) is 0 Å². The molecule has 0 saturated carbocycles. The van der Waals surface area contributed by atoms with Crippen LogP contribution in [0.1, 0.15) is 11.7 Å². The number of ether oxygens (including phenoxy) is 1. The molecule has 6 nitrogen and oxygen atoms in total. The Balaban J connectivity index is 0.00000128. The topological polar surface area (TPSA) is 95.8 Å². The number of carbonyl (C=O) groups is 1. The van der Waals surface area contributed by atoms with Gasteiger partial charge in [0.1, 0.15) is 12.2 Å². The molecule has 1 fully saturated rings. The van der Waals surface area contributed by atoms with Crippen molar-refractivity contribution < 1.29 is 49.1 Å². The van der Waals surface area contributed by atoms with E-state index in [1.54, 1.807) is 0 Å². The molecule has 1 aromatic carbocycles. The van der Waals surface area contributed by atoms with E-state index >= 15 is 0 Å². The molecule has 7 heteroatoms. The number of nitro benzene ring substituents is 1. The van der Waals surface area contributed by atoms with E-state index in [2.05, 4.69) is 0 Å². The monoisotopic (exact) mass is 231 g/mol. The van der Waals surface area contributed by atoms with Crippen LogP contribution < -0.4 is 34.7 Å². The minimum atomic E-state index is -1.27. The third-order valence-corrected chi connectivity index (χ3v) is 2.16. The summed E-state index contributed by atoms with van der Waals surface area (Å²) in [6, 6.07) is 5.57. The number of carboxylic acid groups (broad SMARTS) is 1. The average Bonchev–Trinajstić information content (AvgIpc) is 2.97. The largest absolute Gasteiger partial charge is 1.00 e. The van der Waals surface area contributed by atoms with Gasteiger partial charge in [-0.25, -0.2) is 0 Å². The molecular weight excluding hydrogens is 225 g/mol. The van der Waals surface area contributed by atoms with Crippen LogP contribution in [-0.2, 0) is 9.53 Å². The van der Waals surface area contributed by atoms with Gasteiger partial charge in [0.2, 0.25) is 0 Å². The standard InChI is InChI=1S/C9H7NO5.Na/c11-9(12)8-7(15-8)5-1-3-6(4-2-5)10(13)14;/h1-4,7-8H,(H,11,12);/q;+1/p-1. The minimum absolute atomic E-state index is 0. The summed E-state index contributed by atoms with van der Waals surface area (Å²) in [6.45, 7) is 0. The predicted molar refractivity (Wildman–Crippen MR) is 45.7 cm³/mol. The Kier molecular flexibility index (Phi) is 4.03.